The van der Waals surface area contributed by atoms with Gasteiger partial charge >= 0.3 is 11.9 Å². The number of aliphatic hydroxyl groups excluding tert-OH is 1. The number of carboxylic acids is 2. The number of hydrogen-bond acceptors (Lipinski definition) is 9. The number of rotatable bonds is 8. The number of aliphatic imine (C=N–C) groups is 1. The molecule has 0 spiro atoms. The highest BCUT2D eigenvalue weighted by Gasteiger charge is 2.36. The molecule has 0 amide bonds. The minimum Gasteiger partial charge on any atom is -0.494 e. The maximum absolute atomic E-state index is 10.2. The van der Waals surface area contributed by atoms with Crippen LogP contribution in [-0.4, -0.2) is 74.6 Å². The van der Waals surface area contributed by atoms with Crippen LogP contribution in [0, 0.1) is 0 Å². The number of ether oxygens (including phenoxy) is 2. The molecule has 1 aromatic heterocycles. The van der Waals surface area contributed by atoms with E-state index in [1.54, 1.807) is 19.5 Å². The monoisotopic (exact) mass is 499 g/mol. The van der Waals surface area contributed by atoms with E-state index in [0.717, 1.165) is 41.2 Å². The van der Waals surface area contributed by atoms with Gasteiger partial charge in [0.1, 0.15) is 12.1 Å². The Labute approximate surface area is 207 Å². The van der Waals surface area contributed by atoms with Crippen molar-refractivity contribution in [3.05, 3.63) is 58.6 Å². The summed E-state index contributed by atoms with van der Waals surface area (Å²) in [6.45, 7) is 2.56. The van der Waals surface area contributed by atoms with Crippen LogP contribution in [0.2, 0.25) is 0 Å². The van der Waals surface area contributed by atoms with Crippen LogP contribution >= 0.6 is 0 Å². The van der Waals surface area contributed by atoms with Crippen molar-refractivity contribution in [3.8, 4) is 0 Å². The molecule has 4 rings (SSSR count). The summed E-state index contributed by atoms with van der Waals surface area (Å²) in [7, 11) is 1.65. The smallest absolute Gasteiger partial charge is 0.372 e. The quantitative estimate of drug-likeness (QED) is 0.451. The van der Waals surface area contributed by atoms with Crippen LogP contribution in [0.1, 0.15) is 51.0 Å². The molecular weight excluding hydrogens is 470 g/mol. The Morgan fingerprint density at radius 2 is 1.83 bits per heavy atom. The van der Waals surface area contributed by atoms with Crippen LogP contribution in [-0.2, 0) is 23.9 Å². The van der Waals surface area contributed by atoms with E-state index in [4.69, 9.17) is 24.7 Å². The molecule has 0 bridgehead atoms. The highest BCUT2D eigenvalue weighted by molar-refractivity contribution is 6.32. The van der Waals surface area contributed by atoms with Gasteiger partial charge in [-0.3, -0.25) is 14.6 Å². The first-order valence-corrected chi connectivity index (χ1v) is 11.6. The van der Waals surface area contributed by atoms with Crippen LogP contribution in [0.4, 0.5) is 0 Å². The van der Waals surface area contributed by atoms with Crippen molar-refractivity contribution in [1.82, 2.24) is 9.97 Å². The minimum atomic E-state index is -1.58. The third-order valence-corrected chi connectivity index (χ3v) is 5.95. The summed E-state index contributed by atoms with van der Waals surface area (Å²) in [6, 6.07) is 0.104. The van der Waals surface area contributed by atoms with Gasteiger partial charge in [-0.15, -0.1) is 0 Å². The van der Waals surface area contributed by atoms with E-state index in [1.165, 1.54) is 17.5 Å². The summed E-state index contributed by atoms with van der Waals surface area (Å²) in [5, 5.41) is 26.2. The van der Waals surface area contributed by atoms with Gasteiger partial charge in [0.2, 0.25) is 5.78 Å². The molecule has 0 unspecified atom stereocenters. The molecule has 36 heavy (non-hydrogen) atoms. The molecule has 11 heteroatoms. The second-order valence-electron chi connectivity index (χ2n) is 8.34. The predicted molar refractivity (Wildman–Crippen MR) is 127 cm³/mol. The van der Waals surface area contributed by atoms with E-state index < -0.39 is 30.6 Å². The predicted octanol–water partition coefficient (Wildman–Crippen LogP) is 2.22. The number of aliphatic hydroxyl groups is 1. The van der Waals surface area contributed by atoms with Gasteiger partial charge in [-0.1, -0.05) is 0 Å². The van der Waals surface area contributed by atoms with Crippen molar-refractivity contribution in [3.63, 3.8) is 0 Å². The summed E-state index contributed by atoms with van der Waals surface area (Å²) in [4.78, 5) is 43.1. The molecule has 1 fully saturated rings. The number of aliphatic carboxylic acids is 2. The zero-order valence-corrected chi connectivity index (χ0v) is 20.1. The SMILES string of the molecule is CCOC1=C(OC)C=C2C(c3cncnc3)=N[C@@H]3CC[C@@H](O)CC3=C2C1.O=C(O)CCC(=O)C(=O)O. The number of carbonyl (C=O) groups excluding carboxylic acids is 1. The molecular formula is C25H29N3O8. The first-order valence-electron chi connectivity index (χ1n) is 11.6. The number of carbonyl (C=O) groups is 3. The Kier molecular flexibility index (Phi) is 9.07. The van der Waals surface area contributed by atoms with Crippen LogP contribution in [0.25, 0.3) is 0 Å². The molecule has 0 aromatic carbocycles. The van der Waals surface area contributed by atoms with Crippen LogP contribution in [0.3, 0.4) is 0 Å². The van der Waals surface area contributed by atoms with Gasteiger partial charge in [0, 0.05) is 36.4 Å². The fourth-order valence-corrected chi connectivity index (χ4v) is 4.30. The van der Waals surface area contributed by atoms with Gasteiger partial charge in [-0.05, 0) is 43.4 Å². The van der Waals surface area contributed by atoms with Crippen LogP contribution < -0.4 is 0 Å². The number of methoxy groups -OCH3 is 1. The number of hydrogen-bond donors (Lipinski definition) is 3. The zero-order valence-electron chi connectivity index (χ0n) is 20.1. The van der Waals surface area contributed by atoms with Crippen molar-refractivity contribution in [2.75, 3.05) is 13.7 Å². The Morgan fingerprint density at radius 1 is 1.11 bits per heavy atom. The maximum Gasteiger partial charge on any atom is 0.372 e. The van der Waals surface area contributed by atoms with Gasteiger partial charge in [-0.25, -0.2) is 14.8 Å². The first kappa shape index (κ1) is 26.7. The number of dihydropyridines is 1. The van der Waals surface area contributed by atoms with Gasteiger partial charge in [0.05, 0.1) is 38.0 Å². The average Bonchev–Trinajstić information content (AvgIpc) is 2.87. The Hall–Kier alpha value is -3.86. The highest BCUT2D eigenvalue weighted by atomic mass is 16.5. The number of ketones is 1. The van der Waals surface area contributed by atoms with Gasteiger partial charge < -0.3 is 24.8 Å². The molecule has 0 saturated heterocycles. The summed E-state index contributed by atoms with van der Waals surface area (Å²) in [6.07, 6.45) is 8.91. The zero-order chi connectivity index (χ0) is 26.2. The lowest BCUT2D eigenvalue weighted by atomic mass is 9.76. The number of nitrogens with zero attached hydrogens (tertiary/aromatic N) is 3. The summed E-state index contributed by atoms with van der Waals surface area (Å²) >= 11 is 0. The summed E-state index contributed by atoms with van der Waals surface area (Å²) < 4.78 is 11.4. The Morgan fingerprint density at radius 3 is 2.44 bits per heavy atom. The molecule has 1 saturated carbocycles. The third-order valence-electron chi connectivity index (χ3n) is 5.95. The normalized spacial score (nSPS) is 20.6. The fourth-order valence-electron chi connectivity index (χ4n) is 4.30. The van der Waals surface area contributed by atoms with Crippen molar-refractivity contribution >= 4 is 23.4 Å². The second-order valence-corrected chi connectivity index (χ2v) is 8.34. The lowest BCUT2D eigenvalue weighted by Crippen LogP contribution is -2.31. The number of carboxylic acid groups (broad SMARTS) is 2. The number of fused-ring (bicyclic) bond motifs is 2. The van der Waals surface area contributed by atoms with E-state index in [9.17, 15) is 19.5 Å². The van der Waals surface area contributed by atoms with Crippen molar-refractivity contribution in [2.45, 2.75) is 57.6 Å². The highest BCUT2D eigenvalue weighted by Crippen LogP contribution is 2.42. The average molecular weight is 500 g/mol. The molecule has 2 heterocycles. The standard InChI is InChI=1S/C20H23N3O3.C5H6O5/c1-3-26-19-7-14-15-6-13(24)4-5-17(15)23-20(12-9-21-11-22-10-12)16(14)8-18(19)25-2;6-3(5(9)10)1-2-4(7)8/h8-11,13,17,24H,3-7H2,1-2H3;1-2H2,(H,7,8)(H,9,10)/t13-,17-;/m1./s1. The summed E-state index contributed by atoms with van der Waals surface area (Å²) in [5.74, 6) is -2.26. The number of Topliss-reactive ketones (excluding diaryl/α,β-unsaturated/α-hetero) is 1. The van der Waals surface area contributed by atoms with E-state index >= 15 is 0 Å². The molecule has 3 aliphatic rings. The molecule has 2 atom stereocenters. The van der Waals surface area contributed by atoms with Crippen molar-refractivity contribution < 1.29 is 39.2 Å². The lowest BCUT2D eigenvalue weighted by molar-refractivity contribution is -0.149. The fraction of sp³-hybridized carbons (Fsp3) is 0.440. The van der Waals surface area contributed by atoms with E-state index in [-0.39, 0.29) is 12.1 Å². The van der Waals surface area contributed by atoms with E-state index in [0.29, 0.717) is 19.4 Å². The van der Waals surface area contributed by atoms with Crippen LogP contribution in [0.15, 0.2) is 58.0 Å². The summed E-state index contributed by atoms with van der Waals surface area (Å²) in [5.41, 5.74) is 5.25. The maximum atomic E-state index is 10.2. The number of aromatic nitrogens is 2. The Balaban J connectivity index is 0.000000308. The van der Waals surface area contributed by atoms with Gasteiger partial charge in [-0.2, -0.15) is 0 Å². The Bertz CT molecular complexity index is 1140. The number of allylic oxidation sites excluding steroid dienone is 3. The molecule has 0 radical (unpaired) electrons. The second kappa shape index (κ2) is 12.2. The molecule has 1 aliphatic heterocycles. The van der Waals surface area contributed by atoms with Crippen molar-refractivity contribution in [2.24, 2.45) is 4.99 Å². The molecule has 1 aromatic rings. The van der Waals surface area contributed by atoms with E-state index in [1.807, 2.05) is 13.0 Å². The molecule has 3 N–H and O–H groups in total. The first-order chi connectivity index (χ1) is 17.2. The molecule has 192 valence electrons. The minimum absolute atomic E-state index is 0.104. The van der Waals surface area contributed by atoms with Gasteiger partial charge in [0.25, 0.3) is 0 Å². The largest absolute Gasteiger partial charge is 0.494 e. The lowest BCUT2D eigenvalue weighted by Gasteiger charge is -2.36. The van der Waals surface area contributed by atoms with Crippen molar-refractivity contribution in [1.29, 1.82) is 0 Å². The third kappa shape index (κ3) is 6.42. The van der Waals surface area contributed by atoms with Gasteiger partial charge in [0.15, 0.2) is 5.76 Å². The molecule has 11 nitrogen and oxygen atoms in total. The van der Waals surface area contributed by atoms with E-state index in [2.05, 4.69) is 9.97 Å². The molecule has 2 aliphatic carbocycles. The topological polar surface area (TPSA) is 168 Å². The van der Waals surface area contributed by atoms with Crippen LogP contribution in [0.5, 0.6) is 0 Å².